The van der Waals surface area contributed by atoms with Gasteiger partial charge in [-0.1, -0.05) is 5.01 Å². The van der Waals surface area contributed by atoms with Crippen molar-refractivity contribution in [3.8, 4) is 0 Å². The van der Waals surface area contributed by atoms with Gasteiger partial charge in [0, 0.05) is 5.75 Å². The minimum Gasteiger partial charge on any atom is -0.509 e. The fourth-order valence-electron chi connectivity index (χ4n) is 0.665. The van der Waals surface area contributed by atoms with E-state index >= 15 is 0 Å². The molecule has 0 aromatic carbocycles. The van der Waals surface area contributed by atoms with Crippen molar-refractivity contribution in [2.45, 2.75) is 13.0 Å². The Bertz CT molecular complexity index is 202. The Morgan fingerprint density at radius 3 is 2.83 bits per heavy atom. The van der Waals surface area contributed by atoms with Crippen molar-refractivity contribution in [2.24, 2.45) is 5.22 Å². The van der Waals surface area contributed by atoms with Gasteiger partial charge in [0.05, 0.1) is 4.91 Å². The minimum atomic E-state index is -1.44. The molecule has 0 aromatic rings. The highest BCUT2D eigenvalue weighted by molar-refractivity contribution is 7.98. The van der Waals surface area contributed by atoms with E-state index in [0.717, 1.165) is 0 Å². The topological polar surface area (TPSA) is 93.7 Å². The fraction of sp³-hybridized carbons (Fsp3) is 0.800. The fourth-order valence-corrected chi connectivity index (χ4v) is 1.29. The van der Waals surface area contributed by atoms with Crippen LogP contribution in [0.1, 0.15) is 6.92 Å². The maximum absolute atomic E-state index is 10.4. The highest BCUT2D eigenvalue weighted by atomic mass is 32.2. The second-order valence-electron chi connectivity index (χ2n) is 2.10. The van der Waals surface area contributed by atoms with Gasteiger partial charge >= 0.3 is 0 Å². The van der Waals surface area contributed by atoms with E-state index in [1.165, 1.54) is 11.8 Å². The van der Waals surface area contributed by atoms with Crippen LogP contribution in [0.15, 0.2) is 5.22 Å². The first-order chi connectivity index (χ1) is 5.63. The molecule has 0 aliphatic heterocycles. The molecule has 0 rings (SSSR count). The molecule has 0 saturated heterocycles. The molecule has 1 N–H and O–H groups in total. The van der Waals surface area contributed by atoms with Crippen LogP contribution in [0, 0.1) is 5.53 Å². The smallest absolute Gasteiger partial charge is 0.266 e. The SMILES string of the molecule is CSCC(C)N(N=[N+]=N)C(=O)[O-]. The van der Waals surface area contributed by atoms with Gasteiger partial charge in [-0.05, 0) is 18.7 Å². The van der Waals surface area contributed by atoms with Crippen molar-refractivity contribution < 1.29 is 9.90 Å². The second kappa shape index (κ2) is 5.56. The molecule has 0 radical (unpaired) electrons. The number of nitrogens with zero attached hydrogens (tertiary/aromatic N) is 3. The van der Waals surface area contributed by atoms with E-state index in [4.69, 9.17) is 5.53 Å². The Hall–Kier alpha value is -1.07. The molecule has 0 aromatic heterocycles. The summed E-state index contributed by atoms with van der Waals surface area (Å²) in [6.45, 7) is 1.67. The maximum atomic E-state index is 10.4. The average molecular weight is 190 g/mol. The Balaban J connectivity index is 4.28. The largest absolute Gasteiger partial charge is 0.509 e. The number of amides is 1. The number of carboxylic acid groups (broad SMARTS) is 1. The third kappa shape index (κ3) is 3.36. The Morgan fingerprint density at radius 1 is 1.92 bits per heavy atom. The van der Waals surface area contributed by atoms with Crippen molar-refractivity contribution in [1.29, 1.82) is 5.53 Å². The van der Waals surface area contributed by atoms with Gasteiger partial charge in [0.15, 0.2) is 0 Å². The lowest BCUT2D eigenvalue weighted by Crippen LogP contribution is -2.43. The van der Waals surface area contributed by atoms with Crippen molar-refractivity contribution in [1.82, 2.24) is 9.92 Å². The summed E-state index contributed by atoms with van der Waals surface area (Å²) in [7, 11) is 0. The van der Waals surface area contributed by atoms with Crippen LogP contribution in [0.25, 0.3) is 0 Å². The molecule has 0 aliphatic rings. The second-order valence-corrected chi connectivity index (χ2v) is 3.01. The molecule has 1 atom stereocenters. The summed E-state index contributed by atoms with van der Waals surface area (Å²) in [5.41, 5.74) is 6.37. The lowest BCUT2D eigenvalue weighted by atomic mass is 10.4. The molecule has 0 bridgehead atoms. The van der Waals surface area contributed by atoms with Crippen LogP contribution in [-0.2, 0) is 0 Å². The molecule has 1 amide bonds. The number of hydrogen-bond acceptors (Lipinski definition) is 5. The van der Waals surface area contributed by atoms with E-state index in [0.29, 0.717) is 10.8 Å². The van der Waals surface area contributed by atoms with Crippen molar-refractivity contribution in [2.75, 3.05) is 12.0 Å². The highest BCUT2D eigenvalue weighted by Gasteiger charge is 2.21. The third-order valence-corrected chi connectivity index (χ3v) is 1.97. The standard InChI is InChI=1S/C5H10N4O2S/c1-4(3-12-2)9(5(10)11)8-7-6/h4,6H,3H2,1-2H3. The lowest BCUT2D eigenvalue weighted by Gasteiger charge is -2.13. The van der Waals surface area contributed by atoms with Crippen LogP contribution in [0.3, 0.4) is 0 Å². The van der Waals surface area contributed by atoms with Crippen LogP contribution >= 0.6 is 11.8 Å². The summed E-state index contributed by atoms with van der Waals surface area (Å²) in [5.74, 6) is 0.590. The monoisotopic (exact) mass is 190 g/mol. The summed E-state index contributed by atoms with van der Waals surface area (Å²) < 4.78 is 0. The number of nitrogens with one attached hydrogen (secondary N) is 1. The molecule has 0 spiro atoms. The van der Waals surface area contributed by atoms with Gasteiger partial charge in [0.25, 0.3) is 6.09 Å². The Morgan fingerprint density at radius 2 is 2.50 bits per heavy atom. The predicted molar refractivity (Wildman–Crippen MR) is 42.4 cm³/mol. The van der Waals surface area contributed by atoms with E-state index in [1.54, 1.807) is 6.92 Å². The molecule has 0 aliphatic carbocycles. The predicted octanol–water partition coefficient (Wildman–Crippen LogP) is -0.151. The van der Waals surface area contributed by atoms with Gasteiger partial charge in [0.2, 0.25) is 5.22 Å². The van der Waals surface area contributed by atoms with Gasteiger partial charge in [-0.25, -0.2) is 0 Å². The van der Waals surface area contributed by atoms with Gasteiger partial charge in [-0.3, -0.25) is 0 Å². The van der Waals surface area contributed by atoms with Crippen LogP contribution in [-0.4, -0.2) is 29.2 Å². The van der Waals surface area contributed by atoms with Crippen molar-refractivity contribution in [3.05, 3.63) is 0 Å². The molecular weight excluding hydrogens is 180 g/mol. The van der Waals surface area contributed by atoms with Crippen LogP contribution in [0.2, 0.25) is 0 Å². The lowest BCUT2D eigenvalue weighted by molar-refractivity contribution is -0.268. The number of thioether (sulfide) groups is 1. The summed E-state index contributed by atoms with van der Waals surface area (Å²) in [6.07, 6.45) is 0.412. The number of hydrogen-bond donors (Lipinski definition) is 1. The first kappa shape index (κ1) is 10.9. The van der Waals surface area contributed by atoms with E-state index in [1.807, 2.05) is 6.26 Å². The Kier molecular flexibility index (Phi) is 5.07. The zero-order valence-electron chi connectivity index (χ0n) is 6.85. The van der Waals surface area contributed by atoms with Gasteiger partial charge < -0.3 is 9.90 Å². The zero-order valence-corrected chi connectivity index (χ0v) is 7.67. The average Bonchev–Trinajstić information content (AvgIpc) is 1.99. The molecule has 0 saturated carbocycles. The third-order valence-electron chi connectivity index (χ3n) is 1.15. The van der Waals surface area contributed by atoms with Gasteiger partial charge in [-0.2, -0.15) is 11.8 Å². The summed E-state index contributed by atoms with van der Waals surface area (Å²) in [5, 5.41) is 14.1. The zero-order chi connectivity index (χ0) is 9.56. The Labute approximate surface area is 74.1 Å². The summed E-state index contributed by atoms with van der Waals surface area (Å²) in [6, 6.07) is -0.320. The van der Waals surface area contributed by atoms with Gasteiger partial charge in [-0.15, -0.1) is 0 Å². The molecule has 1 unspecified atom stereocenters. The number of rotatable bonds is 4. The molecule has 0 fully saturated rings. The van der Waals surface area contributed by atoms with Crippen molar-refractivity contribution >= 4 is 17.9 Å². The quantitative estimate of drug-likeness (QED) is 0.379. The molecule has 0 heterocycles. The molecule has 6 nitrogen and oxygen atoms in total. The van der Waals surface area contributed by atoms with Gasteiger partial charge in [0.1, 0.15) is 6.04 Å². The van der Waals surface area contributed by atoms with Crippen LogP contribution in [0.5, 0.6) is 0 Å². The van der Waals surface area contributed by atoms with E-state index in [2.05, 4.69) is 10.1 Å². The molecular formula is C5H10N4O2S. The first-order valence-electron chi connectivity index (χ1n) is 3.20. The number of carbonyl (C=O) groups is 1. The maximum Gasteiger partial charge on any atom is 0.266 e. The normalized spacial score (nSPS) is 11.5. The van der Waals surface area contributed by atoms with Crippen LogP contribution < -0.4 is 10.0 Å². The minimum absolute atomic E-state index is 0.320. The molecule has 7 heteroatoms. The highest BCUT2D eigenvalue weighted by Crippen LogP contribution is 2.04. The first-order valence-corrected chi connectivity index (χ1v) is 4.59. The number of carbonyl (C=O) groups excluding carboxylic acids is 1. The van der Waals surface area contributed by atoms with E-state index in [-0.39, 0.29) is 6.04 Å². The summed E-state index contributed by atoms with van der Waals surface area (Å²) in [4.78, 5) is 13.0. The summed E-state index contributed by atoms with van der Waals surface area (Å²) >= 11 is 1.49. The molecule has 68 valence electrons. The van der Waals surface area contributed by atoms with Crippen molar-refractivity contribution in [3.63, 3.8) is 0 Å². The van der Waals surface area contributed by atoms with Crippen LogP contribution in [0.4, 0.5) is 4.79 Å². The van der Waals surface area contributed by atoms with E-state index < -0.39 is 6.09 Å². The van der Waals surface area contributed by atoms with E-state index in [9.17, 15) is 9.90 Å². The molecule has 12 heavy (non-hydrogen) atoms.